The van der Waals surface area contributed by atoms with Crippen molar-refractivity contribution in [3.63, 3.8) is 0 Å². The van der Waals surface area contributed by atoms with E-state index in [-0.39, 0.29) is 5.91 Å². The molecule has 0 radical (unpaired) electrons. The zero-order valence-corrected chi connectivity index (χ0v) is 12.3. The van der Waals surface area contributed by atoms with E-state index in [1.165, 1.54) is 36.7 Å². The molecule has 108 valence electrons. The number of thiophene rings is 1. The smallest absolute Gasteiger partial charge is 0.328 e. The first-order chi connectivity index (χ1) is 9.54. The monoisotopic (exact) mass is 293 g/mol. The van der Waals surface area contributed by atoms with Crippen molar-refractivity contribution < 1.29 is 14.7 Å². The number of hydrogen-bond donors (Lipinski definition) is 2. The van der Waals surface area contributed by atoms with E-state index < -0.39 is 5.97 Å². The summed E-state index contributed by atoms with van der Waals surface area (Å²) < 4.78 is 0. The number of nitrogens with one attached hydrogen (secondary N) is 1. The van der Waals surface area contributed by atoms with Crippen LogP contribution in [-0.2, 0) is 4.79 Å². The maximum absolute atomic E-state index is 12.1. The zero-order valence-electron chi connectivity index (χ0n) is 11.5. The van der Waals surface area contributed by atoms with Crippen molar-refractivity contribution in [1.82, 2.24) is 5.32 Å². The van der Waals surface area contributed by atoms with Crippen LogP contribution in [0.2, 0.25) is 0 Å². The summed E-state index contributed by atoms with van der Waals surface area (Å²) >= 11 is 1.37. The van der Waals surface area contributed by atoms with E-state index in [1.807, 2.05) is 0 Å². The fourth-order valence-electron chi connectivity index (χ4n) is 2.41. The highest BCUT2D eigenvalue weighted by Crippen LogP contribution is 2.43. The Kier molecular flexibility index (Phi) is 4.60. The van der Waals surface area contributed by atoms with E-state index in [1.54, 1.807) is 11.4 Å². The predicted octanol–water partition coefficient (Wildman–Crippen LogP) is 3.16. The lowest BCUT2D eigenvalue weighted by molar-refractivity contribution is -0.131. The first-order valence-electron chi connectivity index (χ1n) is 6.82. The van der Waals surface area contributed by atoms with E-state index in [0.717, 1.165) is 23.9 Å². The predicted molar refractivity (Wildman–Crippen MR) is 79.9 cm³/mol. The van der Waals surface area contributed by atoms with Crippen LogP contribution in [0.1, 0.15) is 47.8 Å². The first kappa shape index (κ1) is 14.8. The van der Waals surface area contributed by atoms with Crippen LogP contribution >= 0.6 is 11.3 Å². The van der Waals surface area contributed by atoms with Gasteiger partial charge in [0, 0.05) is 22.9 Å². The number of amides is 1. The highest BCUT2D eigenvalue weighted by molar-refractivity contribution is 7.11. The molecule has 1 aliphatic rings. The number of rotatable bonds is 6. The number of carbonyl (C=O) groups is 2. The molecule has 1 amide bonds. The molecule has 0 atom stereocenters. The Morgan fingerprint density at radius 1 is 1.50 bits per heavy atom. The highest BCUT2D eigenvalue weighted by atomic mass is 32.1. The van der Waals surface area contributed by atoms with Crippen LogP contribution in [0.25, 0.3) is 6.08 Å². The fourth-order valence-corrected chi connectivity index (χ4v) is 3.19. The second-order valence-corrected chi connectivity index (χ2v) is 6.24. The quantitative estimate of drug-likeness (QED) is 0.792. The number of aliphatic carboxylic acids is 1. The minimum atomic E-state index is -0.987. The van der Waals surface area contributed by atoms with Crippen molar-refractivity contribution in [3.05, 3.63) is 28.0 Å². The molecular weight excluding hydrogens is 274 g/mol. The van der Waals surface area contributed by atoms with Gasteiger partial charge in [-0.25, -0.2) is 4.79 Å². The van der Waals surface area contributed by atoms with E-state index in [9.17, 15) is 9.59 Å². The molecule has 0 aromatic carbocycles. The molecule has 1 fully saturated rings. The maximum Gasteiger partial charge on any atom is 0.328 e. The summed E-state index contributed by atoms with van der Waals surface area (Å²) in [7, 11) is 0. The first-order valence-corrected chi connectivity index (χ1v) is 7.70. The third-order valence-electron chi connectivity index (χ3n) is 4.06. The Labute approximate surface area is 122 Å². The molecule has 0 spiro atoms. The summed E-state index contributed by atoms with van der Waals surface area (Å²) in [5.41, 5.74) is 0.906. The van der Waals surface area contributed by atoms with Crippen LogP contribution in [0.15, 0.2) is 17.5 Å². The van der Waals surface area contributed by atoms with Crippen LogP contribution in [0, 0.1) is 5.41 Å². The van der Waals surface area contributed by atoms with Crippen LogP contribution in [0.5, 0.6) is 0 Å². The molecule has 1 aromatic heterocycles. The summed E-state index contributed by atoms with van der Waals surface area (Å²) in [4.78, 5) is 23.3. The Morgan fingerprint density at radius 2 is 2.25 bits per heavy atom. The van der Waals surface area contributed by atoms with Crippen LogP contribution < -0.4 is 5.32 Å². The molecule has 1 aromatic rings. The number of carboxylic acid groups (broad SMARTS) is 1. The maximum atomic E-state index is 12.1. The third kappa shape index (κ3) is 3.48. The average molecular weight is 293 g/mol. The van der Waals surface area contributed by atoms with E-state index in [0.29, 0.717) is 11.0 Å². The molecule has 0 unspecified atom stereocenters. The van der Waals surface area contributed by atoms with Crippen molar-refractivity contribution >= 4 is 29.3 Å². The van der Waals surface area contributed by atoms with Crippen LogP contribution in [0.4, 0.5) is 0 Å². The SMILES string of the molecule is CCC1(CNC(=O)c2csc(/C=C/C(=O)O)c2)CCC1. The molecular formula is C15H19NO3S. The standard InChI is InChI=1S/C15H19NO3S/c1-2-15(6-3-7-15)10-16-14(19)11-8-12(20-9-11)4-5-13(17)18/h4-5,8-9H,2-3,6-7,10H2,1H3,(H,16,19)(H,17,18)/b5-4+. The third-order valence-corrected chi connectivity index (χ3v) is 4.96. The van der Waals surface area contributed by atoms with Gasteiger partial charge in [-0.15, -0.1) is 11.3 Å². The van der Waals surface area contributed by atoms with Crippen molar-refractivity contribution in [3.8, 4) is 0 Å². The minimum absolute atomic E-state index is 0.0732. The van der Waals surface area contributed by atoms with Crippen LogP contribution in [0.3, 0.4) is 0 Å². The van der Waals surface area contributed by atoms with Crippen molar-refractivity contribution in [2.45, 2.75) is 32.6 Å². The Bertz CT molecular complexity index is 523. The lowest BCUT2D eigenvalue weighted by atomic mass is 9.67. The molecule has 1 heterocycles. The number of hydrogen-bond acceptors (Lipinski definition) is 3. The zero-order chi connectivity index (χ0) is 14.6. The number of carboxylic acids is 1. The van der Waals surface area contributed by atoms with Gasteiger partial charge in [0.2, 0.25) is 0 Å². The molecule has 0 bridgehead atoms. The highest BCUT2D eigenvalue weighted by Gasteiger charge is 2.35. The van der Waals surface area contributed by atoms with Gasteiger partial charge in [-0.3, -0.25) is 4.79 Å². The normalized spacial score (nSPS) is 16.9. The average Bonchev–Trinajstić information content (AvgIpc) is 2.84. The molecule has 20 heavy (non-hydrogen) atoms. The molecule has 4 nitrogen and oxygen atoms in total. The van der Waals surface area contributed by atoms with E-state index >= 15 is 0 Å². The van der Waals surface area contributed by atoms with Gasteiger partial charge in [-0.1, -0.05) is 13.3 Å². The number of carbonyl (C=O) groups excluding carboxylic acids is 1. The molecule has 1 aliphatic carbocycles. The lowest BCUT2D eigenvalue weighted by Crippen LogP contribution is -2.41. The molecule has 0 saturated heterocycles. The second kappa shape index (κ2) is 6.22. The summed E-state index contributed by atoms with van der Waals surface area (Å²) in [6.45, 7) is 2.91. The summed E-state index contributed by atoms with van der Waals surface area (Å²) in [5, 5.41) is 13.3. The van der Waals surface area contributed by atoms with Gasteiger partial charge in [-0.2, -0.15) is 0 Å². The van der Waals surface area contributed by atoms with Crippen LogP contribution in [-0.4, -0.2) is 23.5 Å². The van der Waals surface area contributed by atoms with E-state index in [4.69, 9.17) is 5.11 Å². The molecule has 5 heteroatoms. The largest absolute Gasteiger partial charge is 0.478 e. The van der Waals surface area contributed by atoms with Gasteiger partial charge in [0.25, 0.3) is 5.91 Å². The van der Waals surface area contributed by atoms with E-state index in [2.05, 4.69) is 12.2 Å². The van der Waals surface area contributed by atoms with Gasteiger partial charge in [0.05, 0.1) is 5.56 Å². The molecule has 2 N–H and O–H groups in total. The molecule has 2 rings (SSSR count). The molecule has 1 saturated carbocycles. The summed E-state index contributed by atoms with van der Waals surface area (Å²) in [6, 6.07) is 1.72. The van der Waals surface area contributed by atoms with Crippen molar-refractivity contribution in [2.75, 3.05) is 6.54 Å². The Balaban J connectivity index is 1.91. The van der Waals surface area contributed by atoms with Gasteiger partial charge in [0.1, 0.15) is 0 Å². The second-order valence-electron chi connectivity index (χ2n) is 5.30. The molecule has 0 aliphatic heterocycles. The fraction of sp³-hybridized carbons (Fsp3) is 0.467. The Morgan fingerprint density at radius 3 is 2.80 bits per heavy atom. The van der Waals surface area contributed by atoms with Crippen molar-refractivity contribution in [1.29, 1.82) is 0 Å². The summed E-state index contributed by atoms with van der Waals surface area (Å²) in [5.74, 6) is -1.06. The summed E-state index contributed by atoms with van der Waals surface area (Å²) in [6.07, 6.45) is 7.33. The van der Waals surface area contributed by atoms with Gasteiger partial charge in [-0.05, 0) is 36.8 Å². The van der Waals surface area contributed by atoms with Gasteiger partial charge < -0.3 is 10.4 Å². The topological polar surface area (TPSA) is 66.4 Å². The van der Waals surface area contributed by atoms with Gasteiger partial charge >= 0.3 is 5.97 Å². The Hall–Kier alpha value is -1.62. The lowest BCUT2D eigenvalue weighted by Gasteiger charge is -2.41. The minimum Gasteiger partial charge on any atom is -0.478 e. The van der Waals surface area contributed by atoms with Gasteiger partial charge in [0.15, 0.2) is 0 Å². The van der Waals surface area contributed by atoms with Crippen molar-refractivity contribution in [2.24, 2.45) is 5.41 Å².